The van der Waals surface area contributed by atoms with Gasteiger partial charge in [-0.05, 0) is 18.6 Å². The van der Waals surface area contributed by atoms with Gasteiger partial charge in [-0.2, -0.15) is 5.26 Å². The SMILES string of the molecule is CCCCCOc1ccc(OC)cc1C#N. The van der Waals surface area contributed by atoms with Crippen molar-refractivity contribution in [2.24, 2.45) is 0 Å². The highest BCUT2D eigenvalue weighted by Gasteiger charge is 2.04. The summed E-state index contributed by atoms with van der Waals surface area (Å²) in [6, 6.07) is 7.38. The van der Waals surface area contributed by atoms with Crippen LogP contribution in [0.15, 0.2) is 18.2 Å². The third-order valence-electron chi connectivity index (χ3n) is 2.31. The molecule has 0 unspecified atom stereocenters. The number of rotatable bonds is 6. The second-order valence-electron chi connectivity index (χ2n) is 3.53. The highest BCUT2D eigenvalue weighted by atomic mass is 16.5. The highest BCUT2D eigenvalue weighted by molar-refractivity contribution is 5.47. The molecular formula is C13H17NO2. The van der Waals surface area contributed by atoms with Crippen molar-refractivity contribution in [1.82, 2.24) is 0 Å². The summed E-state index contributed by atoms with van der Waals surface area (Å²) in [5, 5.41) is 8.96. The van der Waals surface area contributed by atoms with Crippen molar-refractivity contribution in [2.75, 3.05) is 13.7 Å². The van der Waals surface area contributed by atoms with Crippen LogP contribution in [-0.2, 0) is 0 Å². The number of ether oxygens (including phenoxy) is 2. The fourth-order valence-electron chi connectivity index (χ4n) is 1.38. The van der Waals surface area contributed by atoms with Crippen LogP contribution in [0.25, 0.3) is 0 Å². The third kappa shape index (κ3) is 3.47. The number of hydrogen-bond donors (Lipinski definition) is 0. The summed E-state index contributed by atoms with van der Waals surface area (Å²) in [7, 11) is 1.58. The monoisotopic (exact) mass is 219 g/mol. The summed E-state index contributed by atoms with van der Waals surface area (Å²) >= 11 is 0. The Kier molecular flexibility index (Phi) is 5.21. The largest absolute Gasteiger partial charge is 0.497 e. The number of unbranched alkanes of at least 4 members (excludes halogenated alkanes) is 2. The van der Waals surface area contributed by atoms with E-state index in [4.69, 9.17) is 14.7 Å². The van der Waals surface area contributed by atoms with Gasteiger partial charge in [0.1, 0.15) is 17.6 Å². The number of nitrogens with zero attached hydrogens (tertiary/aromatic N) is 1. The lowest BCUT2D eigenvalue weighted by Crippen LogP contribution is -1.99. The van der Waals surface area contributed by atoms with Crippen molar-refractivity contribution in [1.29, 1.82) is 5.26 Å². The van der Waals surface area contributed by atoms with E-state index in [1.54, 1.807) is 25.3 Å². The number of hydrogen-bond acceptors (Lipinski definition) is 3. The van der Waals surface area contributed by atoms with Crippen LogP contribution in [0.2, 0.25) is 0 Å². The predicted molar refractivity (Wildman–Crippen MR) is 62.7 cm³/mol. The maximum atomic E-state index is 8.96. The van der Waals surface area contributed by atoms with Crippen LogP contribution < -0.4 is 9.47 Å². The molecule has 0 fully saturated rings. The van der Waals surface area contributed by atoms with Crippen LogP contribution in [0, 0.1) is 11.3 Å². The summed E-state index contributed by atoms with van der Waals surface area (Å²) in [6.07, 6.45) is 3.34. The van der Waals surface area contributed by atoms with Crippen LogP contribution in [0.1, 0.15) is 31.7 Å². The molecule has 0 aliphatic rings. The molecule has 0 saturated heterocycles. The summed E-state index contributed by atoms with van der Waals surface area (Å²) in [4.78, 5) is 0. The van der Waals surface area contributed by atoms with Gasteiger partial charge in [0.25, 0.3) is 0 Å². The second-order valence-corrected chi connectivity index (χ2v) is 3.53. The minimum absolute atomic E-state index is 0.524. The Morgan fingerprint density at radius 3 is 2.75 bits per heavy atom. The zero-order valence-electron chi connectivity index (χ0n) is 9.82. The minimum Gasteiger partial charge on any atom is -0.497 e. The normalized spacial score (nSPS) is 9.56. The summed E-state index contributed by atoms with van der Waals surface area (Å²) in [5.41, 5.74) is 0.524. The molecule has 0 saturated carbocycles. The topological polar surface area (TPSA) is 42.2 Å². The van der Waals surface area contributed by atoms with Crippen molar-refractivity contribution < 1.29 is 9.47 Å². The Morgan fingerprint density at radius 2 is 2.12 bits per heavy atom. The molecule has 0 aromatic heterocycles. The Bertz CT molecular complexity index is 369. The van der Waals surface area contributed by atoms with Crippen molar-refractivity contribution in [3.8, 4) is 17.6 Å². The predicted octanol–water partition coefficient (Wildman–Crippen LogP) is 3.14. The van der Waals surface area contributed by atoms with E-state index in [2.05, 4.69) is 13.0 Å². The molecule has 0 N–H and O–H groups in total. The average molecular weight is 219 g/mol. The minimum atomic E-state index is 0.524. The third-order valence-corrected chi connectivity index (χ3v) is 2.31. The zero-order valence-corrected chi connectivity index (χ0v) is 9.82. The van der Waals surface area contributed by atoms with Crippen LogP contribution in [-0.4, -0.2) is 13.7 Å². The van der Waals surface area contributed by atoms with E-state index >= 15 is 0 Å². The zero-order chi connectivity index (χ0) is 11.8. The molecule has 16 heavy (non-hydrogen) atoms. The molecule has 0 amide bonds. The van der Waals surface area contributed by atoms with E-state index in [0.717, 1.165) is 19.3 Å². The van der Waals surface area contributed by atoms with Crippen LogP contribution in [0.4, 0.5) is 0 Å². The number of benzene rings is 1. The van der Waals surface area contributed by atoms with E-state index in [0.29, 0.717) is 23.7 Å². The number of nitriles is 1. The van der Waals surface area contributed by atoms with Crippen molar-refractivity contribution in [2.45, 2.75) is 26.2 Å². The maximum absolute atomic E-state index is 8.96. The van der Waals surface area contributed by atoms with Gasteiger partial charge in [-0.1, -0.05) is 19.8 Å². The molecular weight excluding hydrogens is 202 g/mol. The Hall–Kier alpha value is -1.69. The van der Waals surface area contributed by atoms with Crippen LogP contribution in [0.3, 0.4) is 0 Å². The molecule has 1 aromatic carbocycles. The van der Waals surface area contributed by atoms with Gasteiger partial charge < -0.3 is 9.47 Å². The summed E-state index contributed by atoms with van der Waals surface area (Å²) in [5.74, 6) is 1.32. The standard InChI is InChI=1S/C13H17NO2/c1-3-4-5-8-16-13-7-6-12(15-2)9-11(13)10-14/h6-7,9H,3-5,8H2,1-2H3. The smallest absolute Gasteiger partial charge is 0.137 e. The lowest BCUT2D eigenvalue weighted by Gasteiger charge is -2.08. The lowest BCUT2D eigenvalue weighted by molar-refractivity contribution is 0.304. The van der Waals surface area contributed by atoms with Gasteiger partial charge in [-0.25, -0.2) is 0 Å². The van der Waals surface area contributed by atoms with Crippen molar-refractivity contribution in [3.63, 3.8) is 0 Å². The van der Waals surface area contributed by atoms with E-state index in [1.807, 2.05) is 0 Å². The van der Waals surface area contributed by atoms with E-state index in [9.17, 15) is 0 Å². The Morgan fingerprint density at radius 1 is 1.31 bits per heavy atom. The lowest BCUT2D eigenvalue weighted by atomic mass is 10.2. The molecule has 0 spiro atoms. The molecule has 3 nitrogen and oxygen atoms in total. The highest BCUT2D eigenvalue weighted by Crippen LogP contribution is 2.23. The molecule has 0 bridgehead atoms. The molecule has 1 aromatic rings. The molecule has 0 radical (unpaired) electrons. The van der Waals surface area contributed by atoms with E-state index in [1.165, 1.54) is 0 Å². The second kappa shape index (κ2) is 6.73. The van der Waals surface area contributed by atoms with Gasteiger partial charge in [0.05, 0.1) is 19.3 Å². The van der Waals surface area contributed by atoms with Crippen molar-refractivity contribution in [3.05, 3.63) is 23.8 Å². The quantitative estimate of drug-likeness (QED) is 0.690. The molecule has 0 aliphatic heterocycles. The first-order valence-electron chi connectivity index (χ1n) is 5.52. The fourth-order valence-corrected chi connectivity index (χ4v) is 1.38. The molecule has 86 valence electrons. The van der Waals surface area contributed by atoms with Gasteiger partial charge in [-0.15, -0.1) is 0 Å². The van der Waals surface area contributed by atoms with Gasteiger partial charge in [0.2, 0.25) is 0 Å². The molecule has 1 rings (SSSR count). The first-order chi connectivity index (χ1) is 7.81. The fraction of sp³-hybridized carbons (Fsp3) is 0.462. The van der Waals surface area contributed by atoms with Gasteiger partial charge in [0.15, 0.2) is 0 Å². The summed E-state index contributed by atoms with van der Waals surface area (Å²) in [6.45, 7) is 2.81. The molecule has 0 aliphatic carbocycles. The van der Waals surface area contributed by atoms with Crippen LogP contribution >= 0.6 is 0 Å². The Balaban J connectivity index is 2.62. The summed E-state index contributed by atoms with van der Waals surface area (Å²) < 4.78 is 10.6. The van der Waals surface area contributed by atoms with Crippen molar-refractivity contribution >= 4 is 0 Å². The maximum Gasteiger partial charge on any atom is 0.137 e. The van der Waals surface area contributed by atoms with E-state index < -0.39 is 0 Å². The molecule has 0 heterocycles. The number of methoxy groups -OCH3 is 1. The van der Waals surface area contributed by atoms with Gasteiger partial charge in [0, 0.05) is 6.07 Å². The van der Waals surface area contributed by atoms with Gasteiger partial charge >= 0.3 is 0 Å². The van der Waals surface area contributed by atoms with E-state index in [-0.39, 0.29) is 0 Å². The first kappa shape index (κ1) is 12.4. The molecule has 3 heteroatoms. The van der Waals surface area contributed by atoms with Crippen LogP contribution in [0.5, 0.6) is 11.5 Å². The molecule has 0 atom stereocenters. The first-order valence-corrected chi connectivity index (χ1v) is 5.52. The van der Waals surface area contributed by atoms with Gasteiger partial charge in [-0.3, -0.25) is 0 Å². The Labute approximate surface area is 96.6 Å². The average Bonchev–Trinajstić information content (AvgIpc) is 2.34.